The number of benzene rings is 1. The molecule has 0 radical (unpaired) electrons. The summed E-state index contributed by atoms with van der Waals surface area (Å²) in [5.74, 6) is -0.899. The van der Waals surface area contributed by atoms with Crippen molar-refractivity contribution in [2.24, 2.45) is 0 Å². The topological polar surface area (TPSA) is 34.1 Å². The van der Waals surface area contributed by atoms with Gasteiger partial charge in [-0.1, -0.05) is 0 Å². The Bertz CT molecular complexity index is 446. The van der Waals surface area contributed by atoms with Gasteiger partial charge >= 0.3 is 0 Å². The van der Waals surface area contributed by atoms with E-state index < -0.39 is 19.8 Å². The molecule has 0 aliphatic heterocycles. The highest BCUT2D eigenvalue weighted by atomic mass is 79.9. The standard InChI is InChI=1S/C6H2Br2ClFO2S/c7-3-1-2-4(13(9,11)12)6(10)5(3)8/h1-2H. The van der Waals surface area contributed by atoms with E-state index in [9.17, 15) is 12.8 Å². The lowest BCUT2D eigenvalue weighted by Gasteiger charge is -2.02. The molecule has 0 unspecified atom stereocenters. The third-order valence-corrected chi connectivity index (χ3v) is 4.57. The van der Waals surface area contributed by atoms with Crippen LogP contribution in [0.4, 0.5) is 4.39 Å². The van der Waals surface area contributed by atoms with Crippen molar-refractivity contribution < 1.29 is 12.8 Å². The molecule has 1 aromatic rings. The number of hydrogen-bond donors (Lipinski definition) is 0. The second kappa shape index (κ2) is 3.84. The normalized spacial score (nSPS) is 11.7. The van der Waals surface area contributed by atoms with Gasteiger partial charge in [0.25, 0.3) is 9.05 Å². The lowest BCUT2D eigenvalue weighted by molar-refractivity contribution is 0.570. The van der Waals surface area contributed by atoms with E-state index in [-0.39, 0.29) is 4.47 Å². The molecule has 0 saturated carbocycles. The van der Waals surface area contributed by atoms with Gasteiger partial charge < -0.3 is 0 Å². The van der Waals surface area contributed by atoms with Crippen LogP contribution < -0.4 is 0 Å². The summed E-state index contributed by atoms with van der Waals surface area (Å²) in [6, 6.07) is 2.48. The van der Waals surface area contributed by atoms with Crippen molar-refractivity contribution in [1.29, 1.82) is 0 Å². The highest BCUT2D eigenvalue weighted by Gasteiger charge is 2.19. The van der Waals surface area contributed by atoms with Crippen molar-refractivity contribution >= 4 is 51.6 Å². The lowest BCUT2D eigenvalue weighted by Crippen LogP contribution is -1.96. The Kier molecular flexibility index (Phi) is 3.38. The van der Waals surface area contributed by atoms with E-state index >= 15 is 0 Å². The molecular weight excluding hydrogens is 350 g/mol. The highest BCUT2D eigenvalue weighted by molar-refractivity contribution is 9.13. The zero-order chi connectivity index (χ0) is 10.2. The van der Waals surface area contributed by atoms with E-state index in [1.807, 2.05) is 0 Å². The summed E-state index contributed by atoms with van der Waals surface area (Å²) in [4.78, 5) is -0.538. The Labute approximate surface area is 95.8 Å². The van der Waals surface area contributed by atoms with Crippen LogP contribution in [0.3, 0.4) is 0 Å². The predicted octanol–water partition coefficient (Wildman–Crippen LogP) is 3.28. The molecule has 13 heavy (non-hydrogen) atoms. The Balaban J connectivity index is 3.53. The van der Waals surface area contributed by atoms with E-state index in [1.54, 1.807) is 0 Å². The van der Waals surface area contributed by atoms with Crippen LogP contribution in [-0.2, 0) is 9.05 Å². The molecule has 72 valence electrons. The van der Waals surface area contributed by atoms with E-state index in [1.165, 1.54) is 6.07 Å². The van der Waals surface area contributed by atoms with Crippen molar-refractivity contribution in [2.75, 3.05) is 0 Å². The first-order valence-corrected chi connectivity index (χ1v) is 6.81. The van der Waals surface area contributed by atoms with Gasteiger partial charge in [0.1, 0.15) is 4.90 Å². The maximum Gasteiger partial charge on any atom is 0.264 e. The van der Waals surface area contributed by atoms with Crippen LogP contribution in [0, 0.1) is 5.82 Å². The van der Waals surface area contributed by atoms with E-state index in [0.717, 1.165) is 6.07 Å². The Morgan fingerprint density at radius 3 is 2.31 bits per heavy atom. The van der Waals surface area contributed by atoms with E-state index in [4.69, 9.17) is 10.7 Å². The Hall–Kier alpha value is 0.350. The fourth-order valence-corrected chi connectivity index (χ4v) is 2.38. The molecule has 0 atom stereocenters. The monoisotopic (exact) mass is 350 g/mol. The van der Waals surface area contributed by atoms with Crippen molar-refractivity contribution in [3.05, 3.63) is 26.9 Å². The summed E-state index contributed by atoms with van der Waals surface area (Å²) in [6.45, 7) is 0. The van der Waals surface area contributed by atoms with Crippen molar-refractivity contribution in [2.45, 2.75) is 4.90 Å². The molecule has 0 aliphatic carbocycles. The molecule has 0 N–H and O–H groups in total. The molecule has 0 aromatic heterocycles. The van der Waals surface area contributed by atoms with Crippen molar-refractivity contribution in [1.82, 2.24) is 0 Å². The summed E-state index contributed by atoms with van der Waals surface area (Å²) in [7, 11) is 0.958. The Morgan fingerprint density at radius 2 is 1.85 bits per heavy atom. The largest absolute Gasteiger partial charge is 0.264 e. The summed E-state index contributed by atoms with van der Waals surface area (Å²) in [5.41, 5.74) is 0. The van der Waals surface area contributed by atoms with Gasteiger partial charge in [0.15, 0.2) is 5.82 Å². The first-order valence-electron chi connectivity index (χ1n) is 2.92. The van der Waals surface area contributed by atoms with Crippen molar-refractivity contribution in [3.63, 3.8) is 0 Å². The average Bonchev–Trinajstić information content (AvgIpc) is 1.98. The molecule has 0 heterocycles. The number of rotatable bonds is 1. The average molecular weight is 352 g/mol. The van der Waals surface area contributed by atoms with Crippen LogP contribution in [0.15, 0.2) is 26.0 Å². The van der Waals surface area contributed by atoms with Gasteiger partial charge in [0, 0.05) is 15.2 Å². The van der Waals surface area contributed by atoms with Gasteiger partial charge in [-0.05, 0) is 44.0 Å². The zero-order valence-corrected chi connectivity index (χ0v) is 10.6. The minimum absolute atomic E-state index is 0.0363. The molecule has 0 spiro atoms. The first-order chi connectivity index (χ1) is 5.84. The zero-order valence-electron chi connectivity index (χ0n) is 5.89. The fraction of sp³-hybridized carbons (Fsp3) is 0. The van der Waals surface area contributed by atoms with E-state index in [0.29, 0.717) is 4.47 Å². The molecule has 1 aromatic carbocycles. The minimum atomic E-state index is -4.03. The van der Waals surface area contributed by atoms with Crippen LogP contribution in [0.1, 0.15) is 0 Å². The smallest absolute Gasteiger partial charge is 0.207 e. The van der Waals surface area contributed by atoms with Gasteiger partial charge in [-0.25, -0.2) is 12.8 Å². The molecule has 2 nitrogen and oxygen atoms in total. The van der Waals surface area contributed by atoms with Crippen LogP contribution in [0.2, 0.25) is 0 Å². The van der Waals surface area contributed by atoms with Gasteiger partial charge in [-0.2, -0.15) is 0 Å². The first kappa shape index (κ1) is 11.4. The number of halogens is 4. The molecule has 0 bridgehead atoms. The van der Waals surface area contributed by atoms with Crippen LogP contribution in [0.25, 0.3) is 0 Å². The third kappa shape index (κ3) is 2.43. The predicted molar refractivity (Wildman–Crippen MR) is 54.8 cm³/mol. The van der Waals surface area contributed by atoms with Gasteiger partial charge in [-0.15, -0.1) is 0 Å². The Morgan fingerprint density at radius 1 is 1.31 bits per heavy atom. The van der Waals surface area contributed by atoms with Crippen LogP contribution in [0.5, 0.6) is 0 Å². The molecule has 0 saturated heterocycles. The fourth-order valence-electron chi connectivity index (χ4n) is 0.696. The summed E-state index contributed by atoms with van der Waals surface area (Å²) in [6.07, 6.45) is 0. The quantitative estimate of drug-likeness (QED) is 0.574. The summed E-state index contributed by atoms with van der Waals surface area (Å²) >= 11 is 5.90. The maximum atomic E-state index is 13.2. The minimum Gasteiger partial charge on any atom is -0.207 e. The second-order valence-corrected chi connectivity index (χ2v) is 6.29. The third-order valence-electron chi connectivity index (χ3n) is 1.26. The van der Waals surface area contributed by atoms with Gasteiger partial charge in [0.2, 0.25) is 0 Å². The second-order valence-electron chi connectivity index (χ2n) is 2.11. The van der Waals surface area contributed by atoms with Crippen LogP contribution in [-0.4, -0.2) is 8.42 Å². The molecule has 0 aliphatic rings. The van der Waals surface area contributed by atoms with Crippen molar-refractivity contribution in [3.8, 4) is 0 Å². The lowest BCUT2D eigenvalue weighted by atomic mass is 10.3. The van der Waals surface area contributed by atoms with Gasteiger partial charge in [0.05, 0.1) is 4.47 Å². The van der Waals surface area contributed by atoms with Crippen LogP contribution >= 0.6 is 42.5 Å². The molecule has 0 amide bonds. The summed E-state index contributed by atoms with van der Waals surface area (Å²) < 4.78 is 35.3. The highest BCUT2D eigenvalue weighted by Crippen LogP contribution is 2.31. The molecular formula is C6H2Br2ClFO2S. The molecule has 0 fully saturated rings. The van der Waals surface area contributed by atoms with Gasteiger partial charge in [-0.3, -0.25) is 0 Å². The maximum absolute atomic E-state index is 13.2. The molecule has 1 rings (SSSR count). The number of hydrogen-bond acceptors (Lipinski definition) is 2. The molecule has 7 heteroatoms. The van der Waals surface area contributed by atoms with E-state index in [2.05, 4.69) is 31.9 Å². The SMILES string of the molecule is O=S(=O)(Cl)c1ccc(Br)c(Br)c1F. The summed E-state index contributed by atoms with van der Waals surface area (Å²) in [5, 5.41) is 0.